The molecule has 0 aliphatic rings. The van der Waals surface area contributed by atoms with E-state index in [4.69, 9.17) is 22.9 Å². The highest BCUT2D eigenvalue weighted by Gasteiger charge is 2.30. The van der Waals surface area contributed by atoms with Crippen LogP contribution < -0.4 is 22.9 Å². The third-order valence-electron chi connectivity index (χ3n) is 12.0. The summed E-state index contributed by atoms with van der Waals surface area (Å²) < 4.78 is 0. The van der Waals surface area contributed by atoms with Crippen molar-refractivity contribution in [1.82, 2.24) is 29.4 Å². The normalized spacial score (nSPS) is 10.9. The molecule has 0 atom stereocenters. The Labute approximate surface area is 415 Å². The predicted octanol–water partition coefficient (Wildman–Crippen LogP) is 3.62. The third kappa shape index (κ3) is 23.4. The number of primary amides is 1. The highest BCUT2D eigenvalue weighted by molar-refractivity contribution is 5.92. The van der Waals surface area contributed by atoms with Crippen molar-refractivity contribution >= 4 is 41.4 Å². The van der Waals surface area contributed by atoms with Crippen LogP contribution in [0.25, 0.3) is 0 Å². The zero-order valence-corrected chi connectivity index (χ0v) is 41.6. The molecule has 0 aromatic heterocycles. The van der Waals surface area contributed by atoms with Gasteiger partial charge in [0.25, 0.3) is 0 Å². The van der Waals surface area contributed by atoms with Crippen molar-refractivity contribution in [2.75, 3.05) is 78.5 Å². The van der Waals surface area contributed by atoms with Crippen LogP contribution in [0, 0.1) is 0 Å². The number of amides is 7. The fraction of sp³-hybridized carbons (Fsp3) is 0.528. The average Bonchev–Trinajstić information content (AvgIpc) is 3.35. The molecular weight excluding hydrogens is 889 g/mol. The summed E-state index contributed by atoms with van der Waals surface area (Å²) >= 11 is 0. The van der Waals surface area contributed by atoms with E-state index in [1.807, 2.05) is 91.0 Å². The monoisotopic (exact) mass is 969 g/mol. The van der Waals surface area contributed by atoms with E-state index < -0.39 is 42.0 Å². The first-order valence-electron chi connectivity index (χ1n) is 25.0. The summed E-state index contributed by atoms with van der Waals surface area (Å²) in [5.41, 5.74) is 25.1. The van der Waals surface area contributed by atoms with Crippen LogP contribution in [0.4, 0.5) is 0 Å². The van der Waals surface area contributed by atoms with Crippen LogP contribution >= 0.6 is 0 Å². The van der Waals surface area contributed by atoms with Crippen molar-refractivity contribution in [2.45, 2.75) is 104 Å². The van der Waals surface area contributed by atoms with E-state index in [-0.39, 0.29) is 71.4 Å². The molecule has 0 saturated heterocycles. The highest BCUT2D eigenvalue weighted by atomic mass is 16.2. The van der Waals surface area contributed by atoms with Gasteiger partial charge in [0, 0.05) is 46.2 Å². The number of benzene rings is 3. The third-order valence-corrected chi connectivity index (χ3v) is 12.0. The van der Waals surface area contributed by atoms with Crippen molar-refractivity contribution in [3.63, 3.8) is 0 Å². The average molecular weight is 969 g/mol. The van der Waals surface area contributed by atoms with Gasteiger partial charge in [-0.2, -0.15) is 0 Å². The second-order valence-corrected chi connectivity index (χ2v) is 17.9. The minimum absolute atomic E-state index is 0.0375. The molecule has 3 rings (SSSR count). The van der Waals surface area contributed by atoms with E-state index in [0.717, 1.165) is 74.5 Å². The predicted molar refractivity (Wildman–Crippen MR) is 273 cm³/mol. The minimum Gasteiger partial charge on any atom is -0.368 e. The van der Waals surface area contributed by atoms with Gasteiger partial charge in [-0.05, 0) is 74.8 Å². The molecule has 17 heteroatoms. The maximum absolute atomic E-state index is 14.7. The van der Waals surface area contributed by atoms with Gasteiger partial charge in [0.15, 0.2) is 0 Å². The summed E-state index contributed by atoms with van der Waals surface area (Å²) in [6.45, 7) is 2.08. The molecule has 70 heavy (non-hydrogen) atoms. The van der Waals surface area contributed by atoms with Gasteiger partial charge in [-0.3, -0.25) is 33.6 Å². The van der Waals surface area contributed by atoms with E-state index in [1.54, 1.807) is 0 Å². The SMILES string of the molecule is CC(=O)N(CCCCCCN)CC(=O)N(CC(=O)N(CCCCCCN)CC(=O)N(CC(=O)N(CCCCCCN)CC(=O)N(CC(N)=O)Cc1ccccc1)Cc1ccccc1)Cc1ccccc1. The van der Waals surface area contributed by atoms with Crippen molar-refractivity contribution in [2.24, 2.45) is 22.9 Å². The molecule has 17 nitrogen and oxygen atoms in total. The molecule has 0 saturated carbocycles. The van der Waals surface area contributed by atoms with E-state index in [9.17, 15) is 33.6 Å². The number of hydrogen-bond acceptors (Lipinski definition) is 10. The molecule has 0 aliphatic carbocycles. The lowest BCUT2D eigenvalue weighted by molar-refractivity contribution is -0.148. The molecule has 0 aliphatic heterocycles. The first-order valence-corrected chi connectivity index (χ1v) is 25.0. The smallest absolute Gasteiger partial charge is 0.242 e. The van der Waals surface area contributed by atoms with Crippen LogP contribution in [-0.2, 0) is 53.2 Å². The summed E-state index contributed by atoms with van der Waals surface area (Å²) in [4.78, 5) is 105. The summed E-state index contributed by atoms with van der Waals surface area (Å²) in [7, 11) is 0. The Morgan fingerprint density at radius 2 is 0.600 bits per heavy atom. The Bertz CT molecular complexity index is 2010. The van der Waals surface area contributed by atoms with Gasteiger partial charge in [-0.15, -0.1) is 0 Å². The van der Waals surface area contributed by atoms with Crippen LogP contribution in [0.3, 0.4) is 0 Å². The van der Waals surface area contributed by atoms with Gasteiger partial charge >= 0.3 is 0 Å². The molecule has 0 bridgehead atoms. The molecule has 7 amide bonds. The second-order valence-electron chi connectivity index (χ2n) is 17.9. The molecule has 0 fully saturated rings. The van der Waals surface area contributed by atoms with Crippen molar-refractivity contribution in [3.8, 4) is 0 Å². The molecule has 8 N–H and O–H groups in total. The van der Waals surface area contributed by atoms with Gasteiger partial charge in [0.05, 0.1) is 26.2 Å². The fourth-order valence-corrected chi connectivity index (χ4v) is 7.95. The Balaban J connectivity index is 1.94. The number of unbranched alkanes of at least 4 members (excludes halogenated alkanes) is 9. The lowest BCUT2D eigenvalue weighted by Crippen LogP contribution is -2.51. The molecule has 0 unspecified atom stereocenters. The number of nitrogens with two attached hydrogens (primary N) is 4. The van der Waals surface area contributed by atoms with Crippen LogP contribution in [-0.4, -0.2) is 149 Å². The molecule has 0 heterocycles. The van der Waals surface area contributed by atoms with Crippen LogP contribution in [0.15, 0.2) is 91.0 Å². The maximum Gasteiger partial charge on any atom is 0.242 e. The van der Waals surface area contributed by atoms with E-state index in [2.05, 4.69) is 0 Å². The van der Waals surface area contributed by atoms with E-state index in [0.29, 0.717) is 45.4 Å². The number of hydrogen-bond donors (Lipinski definition) is 4. The molecule has 384 valence electrons. The summed E-state index contributed by atoms with van der Waals surface area (Å²) in [6.07, 6.45) is 9.28. The second kappa shape index (κ2) is 34.2. The van der Waals surface area contributed by atoms with Gasteiger partial charge < -0.3 is 52.3 Å². The fourth-order valence-electron chi connectivity index (χ4n) is 7.95. The molecule has 0 radical (unpaired) electrons. The van der Waals surface area contributed by atoms with Gasteiger partial charge in [0.1, 0.15) is 13.1 Å². The topological polar surface area (TPSA) is 243 Å². The lowest BCUT2D eigenvalue weighted by atomic mass is 10.1. The zero-order valence-electron chi connectivity index (χ0n) is 41.6. The van der Waals surface area contributed by atoms with E-state index >= 15 is 0 Å². The number of nitrogens with zero attached hydrogens (tertiary/aromatic N) is 6. The highest BCUT2D eigenvalue weighted by Crippen LogP contribution is 2.14. The van der Waals surface area contributed by atoms with E-state index in [1.165, 1.54) is 36.3 Å². The van der Waals surface area contributed by atoms with Crippen molar-refractivity contribution in [3.05, 3.63) is 108 Å². The maximum atomic E-state index is 14.7. The number of carbonyl (C=O) groups is 7. The Kier molecular flexibility index (Phi) is 28.4. The standard InChI is InChI=1S/C53H80N10O7/c1-44(64)58(32-20-5-2-17-29-54)39-51(68)62(36-46-25-13-9-14-26-46)42-49(66)60(34-22-7-4-19-31-56)41-53(70)63(37-47-27-15-10-16-28-47)43-50(67)59(33-21-6-3-18-30-55)40-52(69)61(38-48(57)65)35-45-23-11-8-12-24-45/h8-16,23-28H,2-7,17-22,29-43,54-56H2,1H3,(H2,57,65). The Morgan fingerprint density at radius 1 is 0.343 bits per heavy atom. The number of rotatable bonds is 36. The first kappa shape index (κ1) is 58.1. The molecule has 3 aromatic carbocycles. The lowest BCUT2D eigenvalue weighted by Gasteiger charge is -2.32. The Hall–Kier alpha value is -6.17. The van der Waals surface area contributed by atoms with Crippen LogP contribution in [0.2, 0.25) is 0 Å². The summed E-state index contributed by atoms with van der Waals surface area (Å²) in [5, 5.41) is 0. The summed E-state index contributed by atoms with van der Waals surface area (Å²) in [5.74, 6) is -3.28. The molecular formula is C53H80N10O7. The minimum atomic E-state index is -0.697. The van der Waals surface area contributed by atoms with Crippen molar-refractivity contribution < 1.29 is 33.6 Å². The van der Waals surface area contributed by atoms with Gasteiger partial charge in [-0.25, -0.2) is 0 Å². The van der Waals surface area contributed by atoms with Gasteiger partial charge in [0.2, 0.25) is 41.4 Å². The van der Waals surface area contributed by atoms with Crippen LogP contribution in [0.5, 0.6) is 0 Å². The molecule has 0 spiro atoms. The van der Waals surface area contributed by atoms with Gasteiger partial charge in [-0.1, -0.05) is 130 Å². The summed E-state index contributed by atoms with van der Waals surface area (Å²) in [6, 6.07) is 27.6. The van der Waals surface area contributed by atoms with Crippen LogP contribution in [0.1, 0.15) is 101 Å². The zero-order chi connectivity index (χ0) is 50.9. The number of carbonyl (C=O) groups excluding carboxylic acids is 7. The quantitative estimate of drug-likeness (QED) is 0.0617. The van der Waals surface area contributed by atoms with Crippen molar-refractivity contribution in [1.29, 1.82) is 0 Å². The molecule has 3 aromatic rings. The first-order chi connectivity index (χ1) is 33.8. The largest absolute Gasteiger partial charge is 0.368 e. The Morgan fingerprint density at radius 3 is 0.900 bits per heavy atom.